The third kappa shape index (κ3) is 5.39. The Bertz CT molecular complexity index is 645. The van der Waals surface area contributed by atoms with Crippen LogP contribution in [0.4, 0.5) is 0 Å². The third-order valence-electron chi connectivity index (χ3n) is 3.77. The Morgan fingerprint density at radius 3 is 2.33 bits per heavy atom. The number of carbonyl (C=O) groups is 4. The van der Waals surface area contributed by atoms with Crippen LogP contribution in [-0.4, -0.2) is 74.1 Å². The minimum Gasteiger partial charge on any atom is -0.469 e. The van der Waals surface area contributed by atoms with Gasteiger partial charge >= 0.3 is 23.9 Å². The van der Waals surface area contributed by atoms with Gasteiger partial charge in [0.15, 0.2) is 24.1 Å². The molecular weight excluding hydrogens is 366 g/mol. The van der Waals surface area contributed by atoms with Crippen LogP contribution in [0.5, 0.6) is 0 Å². The van der Waals surface area contributed by atoms with E-state index < -0.39 is 60.9 Å². The van der Waals surface area contributed by atoms with Gasteiger partial charge in [0.05, 0.1) is 7.11 Å². The zero-order valence-corrected chi connectivity index (χ0v) is 15.3. The van der Waals surface area contributed by atoms with Crippen LogP contribution in [0.25, 0.3) is 0 Å². The zero-order valence-electron chi connectivity index (χ0n) is 15.3. The molecule has 0 saturated carbocycles. The summed E-state index contributed by atoms with van der Waals surface area (Å²) in [5, 5.41) is 0. The average molecular weight is 387 g/mol. The number of hydrogen-bond donors (Lipinski definition) is 0. The van der Waals surface area contributed by atoms with Gasteiger partial charge in [-0.25, -0.2) is 4.99 Å². The zero-order chi connectivity index (χ0) is 20.1. The fourth-order valence-corrected chi connectivity index (χ4v) is 2.72. The molecule has 2 rings (SSSR count). The third-order valence-corrected chi connectivity index (χ3v) is 3.77. The largest absolute Gasteiger partial charge is 0.469 e. The lowest BCUT2D eigenvalue weighted by Gasteiger charge is -2.40. The smallest absolute Gasteiger partial charge is 0.317 e. The van der Waals surface area contributed by atoms with Crippen molar-refractivity contribution in [2.24, 2.45) is 4.99 Å². The fourth-order valence-electron chi connectivity index (χ4n) is 2.72. The van der Waals surface area contributed by atoms with E-state index in [9.17, 15) is 19.2 Å². The molecule has 1 fully saturated rings. The molecule has 0 aromatic carbocycles. The number of esters is 4. The van der Waals surface area contributed by atoms with Crippen LogP contribution in [0.15, 0.2) is 4.99 Å². The molecule has 27 heavy (non-hydrogen) atoms. The highest BCUT2D eigenvalue weighted by molar-refractivity contribution is 5.91. The Hall–Kier alpha value is -2.69. The van der Waals surface area contributed by atoms with Gasteiger partial charge in [-0.1, -0.05) is 0 Å². The Kier molecular flexibility index (Phi) is 6.72. The van der Waals surface area contributed by atoms with Gasteiger partial charge in [-0.05, 0) is 0 Å². The van der Waals surface area contributed by atoms with Crippen molar-refractivity contribution in [2.75, 3.05) is 13.7 Å². The second kappa shape index (κ2) is 8.80. The van der Waals surface area contributed by atoms with Crippen molar-refractivity contribution in [3.05, 3.63) is 0 Å². The van der Waals surface area contributed by atoms with E-state index in [1.165, 1.54) is 13.8 Å². The number of rotatable bonds is 6. The maximum Gasteiger partial charge on any atom is 0.317 e. The Balaban J connectivity index is 2.25. The van der Waals surface area contributed by atoms with Crippen LogP contribution in [0.3, 0.4) is 0 Å². The van der Waals surface area contributed by atoms with Crippen molar-refractivity contribution in [1.29, 1.82) is 0 Å². The highest BCUT2D eigenvalue weighted by Gasteiger charge is 2.53. The maximum atomic E-state index is 12.1. The van der Waals surface area contributed by atoms with Crippen molar-refractivity contribution in [3.8, 4) is 0 Å². The first-order chi connectivity index (χ1) is 12.7. The van der Waals surface area contributed by atoms with Crippen molar-refractivity contribution in [3.63, 3.8) is 0 Å². The van der Waals surface area contributed by atoms with E-state index in [0.29, 0.717) is 0 Å². The van der Waals surface area contributed by atoms with Gasteiger partial charge in [0.2, 0.25) is 6.29 Å². The number of fused-ring (bicyclic) bond motifs is 1. The quantitative estimate of drug-likeness (QED) is 0.333. The van der Waals surface area contributed by atoms with E-state index in [1.54, 1.807) is 6.92 Å². The summed E-state index contributed by atoms with van der Waals surface area (Å²) in [4.78, 5) is 50.3. The first-order valence-electron chi connectivity index (χ1n) is 8.14. The number of ether oxygens (including phenoxy) is 6. The Morgan fingerprint density at radius 1 is 1.04 bits per heavy atom. The number of methoxy groups -OCH3 is 1. The molecule has 5 atom stereocenters. The van der Waals surface area contributed by atoms with Crippen molar-refractivity contribution in [2.45, 2.75) is 57.8 Å². The van der Waals surface area contributed by atoms with Crippen molar-refractivity contribution in [1.82, 2.24) is 0 Å². The van der Waals surface area contributed by atoms with Crippen LogP contribution in [0.2, 0.25) is 0 Å². The van der Waals surface area contributed by atoms with Crippen molar-refractivity contribution < 1.29 is 47.6 Å². The lowest BCUT2D eigenvalue weighted by atomic mass is 9.97. The van der Waals surface area contributed by atoms with Crippen molar-refractivity contribution >= 4 is 29.8 Å². The lowest BCUT2D eigenvalue weighted by Crippen LogP contribution is -2.60. The molecule has 0 aromatic heterocycles. The summed E-state index contributed by atoms with van der Waals surface area (Å²) in [7, 11) is 1.13. The summed E-state index contributed by atoms with van der Waals surface area (Å²) in [6, 6.07) is -0.815. The van der Waals surface area contributed by atoms with E-state index in [0.717, 1.165) is 7.11 Å². The minimum atomic E-state index is -1.12. The predicted molar refractivity (Wildman–Crippen MR) is 85.3 cm³/mol. The number of aliphatic imine (C=N–C) groups is 1. The summed E-state index contributed by atoms with van der Waals surface area (Å²) in [6.07, 6.45) is -4.74. The van der Waals surface area contributed by atoms with Gasteiger partial charge in [0.1, 0.15) is 19.1 Å². The monoisotopic (exact) mass is 387 g/mol. The molecule has 0 N–H and O–H groups in total. The SMILES string of the molecule is COC(=O)CC(=O)O[C@@H]1[C@H]2N=C(C)O[C@H]2O[C@H](COC(C)=O)[C@H]1OC(C)=O. The lowest BCUT2D eigenvalue weighted by molar-refractivity contribution is -0.249. The molecule has 150 valence electrons. The summed E-state index contributed by atoms with van der Waals surface area (Å²) < 4.78 is 31.1. The number of nitrogens with zero attached hydrogens (tertiary/aromatic N) is 1. The molecule has 2 aliphatic rings. The predicted octanol–water partition coefficient (Wildman–Crippen LogP) is -0.502. The maximum absolute atomic E-state index is 12.1. The highest BCUT2D eigenvalue weighted by atomic mass is 16.7. The molecule has 0 spiro atoms. The molecular formula is C16H21NO10. The van der Waals surface area contributed by atoms with Crippen LogP contribution in [0, 0.1) is 0 Å². The van der Waals surface area contributed by atoms with E-state index in [1.807, 2.05) is 0 Å². The fraction of sp³-hybridized carbons (Fsp3) is 0.688. The standard InChI is InChI=1S/C16H21NO10/c1-7-17-13-15(27-12(21)5-11(20)22-4)14(25-9(3)19)10(6-23-8(2)18)26-16(13)24-7/h10,13-16H,5-6H2,1-4H3/t10-,13-,14-,15-,16+/m1/s1. The summed E-state index contributed by atoms with van der Waals surface area (Å²) in [6.45, 7) is 3.70. The van der Waals surface area contributed by atoms with E-state index in [-0.39, 0.29) is 12.5 Å². The van der Waals surface area contributed by atoms with Gasteiger partial charge in [-0.15, -0.1) is 0 Å². The van der Waals surface area contributed by atoms with E-state index >= 15 is 0 Å². The minimum absolute atomic E-state index is 0.260. The van der Waals surface area contributed by atoms with Crippen LogP contribution >= 0.6 is 0 Å². The van der Waals surface area contributed by atoms with Gasteiger partial charge in [-0.3, -0.25) is 19.2 Å². The molecule has 2 aliphatic heterocycles. The van der Waals surface area contributed by atoms with E-state index in [2.05, 4.69) is 9.73 Å². The number of carbonyl (C=O) groups excluding carboxylic acids is 4. The first kappa shape index (κ1) is 20.6. The van der Waals surface area contributed by atoms with E-state index in [4.69, 9.17) is 23.7 Å². The molecule has 0 amide bonds. The topological polar surface area (TPSA) is 136 Å². The number of hydrogen-bond acceptors (Lipinski definition) is 11. The molecule has 11 nitrogen and oxygen atoms in total. The summed E-state index contributed by atoms with van der Waals surface area (Å²) in [5.41, 5.74) is 0. The van der Waals surface area contributed by atoms with Crippen LogP contribution in [0.1, 0.15) is 27.2 Å². The Labute approximate surface area is 154 Å². The van der Waals surface area contributed by atoms with Crippen LogP contribution < -0.4 is 0 Å². The second-order valence-electron chi connectivity index (χ2n) is 5.88. The molecule has 0 aromatic rings. The van der Waals surface area contributed by atoms with Gasteiger partial charge in [0.25, 0.3) is 0 Å². The first-order valence-corrected chi connectivity index (χ1v) is 8.14. The molecule has 2 heterocycles. The molecule has 0 radical (unpaired) electrons. The second-order valence-corrected chi connectivity index (χ2v) is 5.88. The molecule has 0 bridgehead atoms. The summed E-state index contributed by atoms with van der Waals surface area (Å²) >= 11 is 0. The molecule has 0 aliphatic carbocycles. The van der Waals surface area contributed by atoms with Crippen LogP contribution in [-0.2, 0) is 47.6 Å². The normalized spacial score (nSPS) is 28.9. The Morgan fingerprint density at radius 2 is 1.74 bits per heavy atom. The average Bonchev–Trinajstić information content (AvgIpc) is 2.94. The molecule has 1 saturated heterocycles. The van der Waals surface area contributed by atoms with Gasteiger partial charge in [-0.2, -0.15) is 0 Å². The highest BCUT2D eigenvalue weighted by Crippen LogP contribution is 2.32. The van der Waals surface area contributed by atoms with Gasteiger partial charge in [0, 0.05) is 20.8 Å². The summed E-state index contributed by atoms with van der Waals surface area (Å²) in [5.74, 6) is -2.62. The molecule has 0 unspecified atom stereocenters. The molecule has 11 heteroatoms. The van der Waals surface area contributed by atoms with Gasteiger partial charge < -0.3 is 28.4 Å².